The fourth-order valence-corrected chi connectivity index (χ4v) is 2.45. The van der Waals surface area contributed by atoms with Gasteiger partial charge in [0.25, 0.3) is 0 Å². The van der Waals surface area contributed by atoms with Crippen molar-refractivity contribution >= 4 is 0 Å². The monoisotopic (exact) mass is 210 g/mol. The van der Waals surface area contributed by atoms with Crippen LogP contribution in [0.4, 0.5) is 0 Å². The Hall–Kier alpha value is -1.64. The predicted molar refractivity (Wildman–Crippen MR) is 65.7 cm³/mol. The van der Waals surface area contributed by atoms with Crippen LogP contribution < -0.4 is 11.5 Å². The van der Waals surface area contributed by atoms with Crippen molar-refractivity contribution in [3.05, 3.63) is 59.7 Å². The third kappa shape index (κ3) is 1.21. The summed E-state index contributed by atoms with van der Waals surface area (Å²) in [5.41, 5.74) is 17.1. The summed E-state index contributed by atoms with van der Waals surface area (Å²) < 4.78 is 0. The molecular weight excluding hydrogens is 196 g/mol. The highest BCUT2D eigenvalue weighted by atomic mass is 14.8. The zero-order chi connectivity index (χ0) is 11.1. The Morgan fingerprint density at radius 2 is 1.00 bits per heavy atom. The maximum absolute atomic E-state index is 6.18. The Balaban J connectivity index is 2.33. The molecule has 2 aromatic rings. The third-order valence-corrected chi connectivity index (χ3v) is 3.32. The molecule has 1 aliphatic carbocycles. The molecule has 0 fully saturated rings. The molecule has 2 heteroatoms. The SMILES string of the molecule is NC1c2ccccc2-c2ccccc2C1N. The van der Waals surface area contributed by atoms with Crippen LogP contribution in [-0.4, -0.2) is 0 Å². The molecule has 16 heavy (non-hydrogen) atoms. The van der Waals surface area contributed by atoms with Crippen molar-refractivity contribution in [1.82, 2.24) is 0 Å². The molecule has 0 aliphatic heterocycles. The van der Waals surface area contributed by atoms with Gasteiger partial charge in [-0.05, 0) is 22.3 Å². The second-order valence-electron chi connectivity index (χ2n) is 4.23. The van der Waals surface area contributed by atoms with Crippen molar-refractivity contribution in [2.75, 3.05) is 0 Å². The molecule has 0 amide bonds. The Morgan fingerprint density at radius 1 is 0.625 bits per heavy atom. The summed E-state index contributed by atoms with van der Waals surface area (Å²) in [6.45, 7) is 0. The lowest BCUT2D eigenvalue weighted by Crippen LogP contribution is -2.30. The molecule has 2 atom stereocenters. The predicted octanol–water partition coefficient (Wildman–Crippen LogP) is 2.37. The Morgan fingerprint density at radius 3 is 1.44 bits per heavy atom. The summed E-state index contributed by atoms with van der Waals surface area (Å²) in [7, 11) is 0. The van der Waals surface area contributed by atoms with E-state index in [0.717, 1.165) is 11.1 Å². The van der Waals surface area contributed by atoms with E-state index in [1.165, 1.54) is 11.1 Å². The number of fused-ring (bicyclic) bond motifs is 3. The summed E-state index contributed by atoms with van der Waals surface area (Å²) in [5.74, 6) is 0. The molecule has 0 bridgehead atoms. The van der Waals surface area contributed by atoms with E-state index in [2.05, 4.69) is 24.3 Å². The highest BCUT2D eigenvalue weighted by Gasteiger charge is 2.27. The molecule has 3 rings (SSSR count). The van der Waals surface area contributed by atoms with Gasteiger partial charge in [-0.3, -0.25) is 0 Å². The van der Waals surface area contributed by atoms with Gasteiger partial charge in [-0.15, -0.1) is 0 Å². The lowest BCUT2D eigenvalue weighted by atomic mass is 9.80. The van der Waals surface area contributed by atoms with Crippen molar-refractivity contribution < 1.29 is 0 Å². The van der Waals surface area contributed by atoms with Crippen LogP contribution in [0.15, 0.2) is 48.5 Å². The fraction of sp³-hybridized carbons (Fsp3) is 0.143. The zero-order valence-electron chi connectivity index (χ0n) is 8.93. The maximum Gasteiger partial charge on any atom is 0.0497 e. The molecule has 0 heterocycles. The zero-order valence-corrected chi connectivity index (χ0v) is 8.93. The van der Waals surface area contributed by atoms with Crippen molar-refractivity contribution in [2.24, 2.45) is 11.5 Å². The highest BCUT2D eigenvalue weighted by molar-refractivity contribution is 5.74. The van der Waals surface area contributed by atoms with Gasteiger partial charge in [0.1, 0.15) is 0 Å². The molecule has 80 valence electrons. The van der Waals surface area contributed by atoms with Crippen LogP contribution in [-0.2, 0) is 0 Å². The standard InChI is InChI=1S/C14H14N2/c15-13-11-7-3-1-5-9(11)10-6-2-4-8-12(10)14(13)16/h1-8,13-14H,15-16H2. The van der Waals surface area contributed by atoms with Gasteiger partial charge in [0.05, 0.1) is 0 Å². The number of benzene rings is 2. The van der Waals surface area contributed by atoms with Crippen LogP contribution >= 0.6 is 0 Å². The van der Waals surface area contributed by atoms with Gasteiger partial charge in [0.15, 0.2) is 0 Å². The van der Waals surface area contributed by atoms with Gasteiger partial charge in [0, 0.05) is 12.1 Å². The van der Waals surface area contributed by atoms with Gasteiger partial charge < -0.3 is 11.5 Å². The molecule has 0 radical (unpaired) electrons. The van der Waals surface area contributed by atoms with E-state index in [9.17, 15) is 0 Å². The van der Waals surface area contributed by atoms with Crippen molar-refractivity contribution in [2.45, 2.75) is 12.1 Å². The highest BCUT2D eigenvalue weighted by Crippen LogP contribution is 2.41. The van der Waals surface area contributed by atoms with E-state index in [-0.39, 0.29) is 12.1 Å². The first-order valence-corrected chi connectivity index (χ1v) is 5.48. The summed E-state index contributed by atoms with van der Waals surface area (Å²) in [4.78, 5) is 0. The lowest BCUT2D eigenvalue weighted by Gasteiger charge is -2.30. The largest absolute Gasteiger partial charge is 0.322 e. The summed E-state index contributed by atoms with van der Waals surface area (Å²) in [5, 5.41) is 0. The molecule has 0 spiro atoms. The summed E-state index contributed by atoms with van der Waals surface area (Å²) in [6.07, 6.45) is 0. The lowest BCUT2D eigenvalue weighted by molar-refractivity contribution is 0.568. The van der Waals surface area contributed by atoms with Crippen LogP contribution in [0, 0.1) is 0 Å². The normalized spacial score (nSPS) is 22.4. The minimum atomic E-state index is -0.105. The van der Waals surface area contributed by atoms with Gasteiger partial charge in [-0.25, -0.2) is 0 Å². The quantitative estimate of drug-likeness (QED) is 0.701. The van der Waals surface area contributed by atoms with Crippen molar-refractivity contribution in [3.63, 3.8) is 0 Å². The van der Waals surface area contributed by atoms with Crippen LogP contribution in [0.25, 0.3) is 11.1 Å². The van der Waals surface area contributed by atoms with Gasteiger partial charge in [-0.1, -0.05) is 48.5 Å². The first-order chi connectivity index (χ1) is 7.79. The van der Waals surface area contributed by atoms with E-state index < -0.39 is 0 Å². The third-order valence-electron chi connectivity index (χ3n) is 3.32. The Labute approximate surface area is 94.9 Å². The molecular formula is C14H14N2. The van der Waals surface area contributed by atoms with E-state index in [1.54, 1.807) is 0 Å². The smallest absolute Gasteiger partial charge is 0.0497 e. The van der Waals surface area contributed by atoms with Crippen molar-refractivity contribution in [3.8, 4) is 11.1 Å². The Kier molecular flexibility index (Phi) is 2.06. The first-order valence-electron chi connectivity index (χ1n) is 5.48. The average molecular weight is 210 g/mol. The van der Waals surface area contributed by atoms with Crippen LogP contribution in [0.2, 0.25) is 0 Å². The van der Waals surface area contributed by atoms with E-state index in [0.29, 0.717) is 0 Å². The van der Waals surface area contributed by atoms with E-state index >= 15 is 0 Å². The van der Waals surface area contributed by atoms with E-state index in [1.807, 2.05) is 24.3 Å². The topological polar surface area (TPSA) is 52.0 Å². The molecule has 0 saturated heterocycles. The van der Waals surface area contributed by atoms with Crippen LogP contribution in [0.1, 0.15) is 23.2 Å². The molecule has 2 aromatic carbocycles. The summed E-state index contributed by atoms with van der Waals surface area (Å²) in [6, 6.07) is 16.2. The average Bonchev–Trinajstić information content (AvgIpc) is 2.36. The van der Waals surface area contributed by atoms with Crippen LogP contribution in [0.5, 0.6) is 0 Å². The second kappa shape index (κ2) is 3.44. The van der Waals surface area contributed by atoms with Gasteiger partial charge in [-0.2, -0.15) is 0 Å². The minimum Gasteiger partial charge on any atom is -0.322 e. The molecule has 0 aromatic heterocycles. The maximum atomic E-state index is 6.18. The number of hydrogen-bond donors (Lipinski definition) is 2. The first kappa shape index (κ1) is 9.58. The molecule has 4 N–H and O–H groups in total. The number of hydrogen-bond acceptors (Lipinski definition) is 2. The fourth-order valence-electron chi connectivity index (χ4n) is 2.45. The minimum absolute atomic E-state index is 0.105. The van der Waals surface area contributed by atoms with Gasteiger partial charge >= 0.3 is 0 Å². The van der Waals surface area contributed by atoms with E-state index in [4.69, 9.17) is 11.5 Å². The summed E-state index contributed by atoms with van der Waals surface area (Å²) >= 11 is 0. The molecule has 1 aliphatic rings. The van der Waals surface area contributed by atoms with Gasteiger partial charge in [0.2, 0.25) is 0 Å². The second-order valence-corrected chi connectivity index (χ2v) is 4.23. The number of nitrogens with two attached hydrogens (primary N) is 2. The molecule has 2 unspecified atom stereocenters. The Bertz CT molecular complexity index is 484. The van der Waals surface area contributed by atoms with Crippen molar-refractivity contribution in [1.29, 1.82) is 0 Å². The molecule has 2 nitrogen and oxygen atoms in total. The molecule has 0 saturated carbocycles. The number of rotatable bonds is 0. The van der Waals surface area contributed by atoms with Crippen LogP contribution in [0.3, 0.4) is 0 Å².